The Labute approximate surface area is 150 Å². The maximum absolute atomic E-state index is 12.4. The number of nitrogens with one attached hydrogen (secondary N) is 1. The summed E-state index contributed by atoms with van der Waals surface area (Å²) in [6.07, 6.45) is 0. The third-order valence-electron chi connectivity index (χ3n) is 4.84. The summed E-state index contributed by atoms with van der Waals surface area (Å²) in [7, 11) is 0. The average molecular weight is 337 g/mol. The van der Waals surface area contributed by atoms with Gasteiger partial charge in [0.05, 0.1) is 0 Å². The van der Waals surface area contributed by atoms with Crippen LogP contribution in [0.2, 0.25) is 0 Å². The molecular formula is C21H27N3O. The Balaban J connectivity index is 1.45. The molecule has 1 fully saturated rings. The summed E-state index contributed by atoms with van der Waals surface area (Å²) in [6.45, 7) is 9.16. The van der Waals surface area contributed by atoms with Gasteiger partial charge in [-0.05, 0) is 30.5 Å². The summed E-state index contributed by atoms with van der Waals surface area (Å²) in [5, 5.41) is 3.05. The molecule has 2 aromatic rings. The van der Waals surface area contributed by atoms with E-state index in [1.54, 1.807) is 0 Å². The van der Waals surface area contributed by atoms with Crippen molar-refractivity contribution in [3.8, 4) is 0 Å². The zero-order valence-electron chi connectivity index (χ0n) is 15.2. The first-order chi connectivity index (χ1) is 12.1. The summed E-state index contributed by atoms with van der Waals surface area (Å²) in [6, 6.07) is 16.9. The van der Waals surface area contributed by atoms with Gasteiger partial charge >= 0.3 is 6.03 Å². The third-order valence-corrected chi connectivity index (χ3v) is 4.84. The van der Waals surface area contributed by atoms with E-state index in [1.807, 2.05) is 17.0 Å². The molecule has 2 amide bonds. The smallest absolute Gasteiger partial charge is 0.317 e. The molecule has 4 heteroatoms. The second-order valence-electron chi connectivity index (χ2n) is 6.84. The highest BCUT2D eigenvalue weighted by Gasteiger charge is 2.20. The molecule has 0 saturated carbocycles. The first-order valence-electron chi connectivity index (χ1n) is 8.97. The monoisotopic (exact) mass is 337 g/mol. The number of hydrogen-bond donors (Lipinski definition) is 1. The van der Waals surface area contributed by atoms with Crippen LogP contribution in [0.15, 0.2) is 48.5 Å². The maximum atomic E-state index is 12.4. The summed E-state index contributed by atoms with van der Waals surface area (Å²) >= 11 is 0. The fourth-order valence-electron chi connectivity index (χ4n) is 3.27. The molecule has 1 aliphatic rings. The number of urea groups is 1. The number of amides is 2. The van der Waals surface area contributed by atoms with Crippen molar-refractivity contribution in [2.45, 2.75) is 26.9 Å². The van der Waals surface area contributed by atoms with E-state index in [9.17, 15) is 4.79 Å². The van der Waals surface area contributed by atoms with Crippen LogP contribution in [-0.2, 0) is 13.1 Å². The van der Waals surface area contributed by atoms with Crippen LogP contribution in [0.1, 0.15) is 22.3 Å². The van der Waals surface area contributed by atoms with E-state index < -0.39 is 0 Å². The Morgan fingerprint density at radius 1 is 1.00 bits per heavy atom. The highest BCUT2D eigenvalue weighted by Crippen LogP contribution is 2.11. The zero-order chi connectivity index (χ0) is 17.6. The van der Waals surface area contributed by atoms with Gasteiger partial charge in [-0.25, -0.2) is 4.79 Å². The van der Waals surface area contributed by atoms with Crippen LogP contribution >= 0.6 is 0 Å². The highest BCUT2D eigenvalue weighted by molar-refractivity contribution is 5.74. The van der Waals surface area contributed by atoms with Crippen LogP contribution in [0.4, 0.5) is 4.79 Å². The fourth-order valence-corrected chi connectivity index (χ4v) is 3.27. The Bertz CT molecular complexity index is 721. The summed E-state index contributed by atoms with van der Waals surface area (Å²) in [5.41, 5.74) is 5.03. The first-order valence-corrected chi connectivity index (χ1v) is 8.97. The lowest BCUT2D eigenvalue weighted by Gasteiger charge is -2.34. The number of carbonyl (C=O) groups excluding carboxylic acids is 1. The first kappa shape index (κ1) is 17.5. The Kier molecular flexibility index (Phi) is 5.71. The van der Waals surface area contributed by atoms with Gasteiger partial charge < -0.3 is 10.2 Å². The molecule has 1 heterocycles. The number of rotatable bonds is 4. The molecule has 1 N–H and O–H groups in total. The van der Waals surface area contributed by atoms with Gasteiger partial charge in [-0.15, -0.1) is 0 Å². The van der Waals surface area contributed by atoms with Gasteiger partial charge in [-0.2, -0.15) is 0 Å². The Hall–Kier alpha value is -2.33. The van der Waals surface area contributed by atoms with Crippen LogP contribution < -0.4 is 5.32 Å². The second kappa shape index (κ2) is 8.17. The lowest BCUT2D eigenvalue weighted by Crippen LogP contribution is -2.51. The SMILES string of the molecule is Cc1cccc(CN2CCN(C(=O)NCc3ccccc3C)CC2)c1. The molecule has 1 aliphatic heterocycles. The Morgan fingerprint density at radius 2 is 1.76 bits per heavy atom. The van der Waals surface area contributed by atoms with Gasteiger partial charge in [0, 0.05) is 39.3 Å². The summed E-state index contributed by atoms with van der Waals surface area (Å²) < 4.78 is 0. The zero-order valence-corrected chi connectivity index (χ0v) is 15.2. The maximum Gasteiger partial charge on any atom is 0.317 e. The predicted molar refractivity (Wildman–Crippen MR) is 101 cm³/mol. The quantitative estimate of drug-likeness (QED) is 0.929. The second-order valence-corrected chi connectivity index (χ2v) is 6.84. The Morgan fingerprint density at radius 3 is 2.48 bits per heavy atom. The van der Waals surface area contributed by atoms with Crippen LogP contribution in [0.5, 0.6) is 0 Å². The predicted octanol–water partition coefficient (Wildman–Crippen LogP) is 3.33. The van der Waals surface area contributed by atoms with Gasteiger partial charge in [-0.1, -0.05) is 54.1 Å². The molecular weight excluding hydrogens is 310 g/mol. The number of piperazine rings is 1. The van der Waals surface area contributed by atoms with Gasteiger partial charge in [0.2, 0.25) is 0 Å². The van der Waals surface area contributed by atoms with E-state index >= 15 is 0 Å². The van der Waals surface area contributed by atoms with Gasteiger partial charge in [0.25, 0.3) is 0 Å². The van der Waals surface area contributed by atoms with E-state index in [0.29, 0.717) is 6.54 Å². The third kappa shape index (κ3) is 4.83. The van der Waals surface area contributed by atoms with Crippen molar-refractivity contribution in [2.24, 2.45) is 0 Å². The van der Waals surface area contributed by atoms with Crippen molar-refractivity contribution < 1.29 is 4.79 Å². The van der Waals surface area contributed by atoms with Crippen molar-refractivity contribution in [1.29, 1.82) is 0 Å². The lowest BCUT2D eigenvalue weighted by atomic mass is 10.1. The van der Waals surface area contributed by atoms with Gasteiger partial charge in [0.1, 0.15) is 0 Å². The van der Waals surface area contributed by atoms with Gasteiger partial charge in [-0.3, -0.25) is 4.90 Å². The van der Waals surface area contributed by atoms with Gasteiger partial charge in [0.15, 0.2) is 0 Å². The molecule has 0 radical (unpaired) electrons. The molecule has 0 aliphatic carbocycles. The molecule has 4 nitrogen and oxygen atoms in total. The molecule has 0 aromatic heterocycles. The molecule has 0 atom stereocenters. The summed E-state index contributed by atoms with van der Waals surface area (Å²) in [5.74, 6) is 0. The van der Waals surface area contributed by atoms with Crippen molar-refractivity contribution in [2.75, 3.05) is 26.2 Å². The molecule has 132 valence electrons. The molecule has 25 heavy (non-hydrogen) atoms. The fraction of sp³-hybridized carbons (Fsp3) is 0.381. The van der Waals surface area contributed by atoms with Crippen molar-refractivity contribution >= 4 is 6.03 Å². The van der Waals surface area contributed by atoms with Crippen LogP contribution in [-0.4, -0.2) is 42.0 Å². The van der Waals surface area contributed by atoms with Crippen molar-refractivity contribution in [3.63, 3.8) is 0 Å². The lowest BCUT2D eigenvalue weighted by molar-refractivity contribution is 0.135. The standard InChI is InChI=1S/C21H27N3O/c1-17-6-5-8-19(14-17)16-23-10-12-24(13-11-23)21(25)22-15-20-9-4-3-7-18(20)2/h3-9,14H,10-13,15-16H2,1-2H3,(H,22,25). The molecule has 3 rings (SSSR count). The molecule has 0 bridgehead atoms. The number of carbonyl (C=O) groups is 1. The van der Waals surface area contributed by atoms with E-state index in [0.717, 1.165) is 32.7 Å². The molecule has 0 spiro atoms. The van der Waals surface area contributed by atoms with Crippen LogP contribution in [0.3, 0.4) is 0 Å². The number of nitrogens with zero attached hydrogens (tertiary/aromatic N) is 2. The van der Waals surface area contributed by atoms with E-state index in [2.05, 4.69) is 60.5 Å². The number of aryl methyl sites for hydroxylation is 2. The van der Waals surface area contributed by atoms with Crippen molar-refractivity contribution in [1.82, 2.24) is 15.1 Å². The van der Waals surface area contributed by atoms with Crippen molar-refractivity contribution in [3.05, 3.63) is 70.8 Å². The largest absolute Gasteiger partial charge is 0.334 e. The molecule has 2 aromatic carbocycles. The number of hydrogen-bond acceptors (Lipinski definition) is 2. The minimum absolute atomic E-state index is 0.0402. The minimum Gasteiger partial charge on any atom is -0.334 e. The number of benzene rings is 2. The van der Waals surface area contributed by atoms with Crippen LogP contribution in [0.25, 0.3) is 0 Å². The van der Waals surface area contributed by atoms with E-state index in [1.165, 1.54) is 22.3 Å². The molecule has 1 saturated heterocycles. The topological polar surface area (TPSA) is 35.6 Å². The minimum atomic E-state index is 0.0402. The van der Waals surface area contributed by atoms with Crippen LogP contribution in [0, 0.1) is 13.8 Å². The average Bonchev–Trinajstić information content (AvgIpc) is 2.61. The summed E-state index contributed by atoms with van der Waals surface area (Å²) in [4.78, 5) is 16.7. The van der Waals surface area contributed by atoms with E-state index in [-0.39, 0.29) is 6.03 Å². The molecule has 0 unspecified atom stereocenters. The normalized spacial score (nSPS) is 15.2. The van der Waals surface area contributed by atoms with E-state index in [4.69, 9.17) is 0 Å². The highest BCUT2D eigenvalue weighted by atomic mass is 16.2.